The van der Waals surface area contributed by atoms with E-state index in [9.17, 15) is 13.2 Å². The number of unbranched alkanes of at least 4 members (excludes halogenated alkanes) is 1. The first-order chi connectivity index (χ1) is 10.1. The lowest BCUT2D eigenvalue weighted by Crippen LogP contribution is -2.40. The summed E-state index contributed by atoms with van der Waals surface area (Å²) in [6.45, 7) is 8.05. The van der Waals surface area contributed by atoms with Crippen molar-refractivity contribution in [3.63, 3.8) is 0 Å². The van der Waals surface area contributed by atoms with Gasteiger partial charge in [-0.3, -0.25) is 4.79 Å². The van der Waals surface area contributed by atoms with Gasteiger partial charge in [-0.05, 0) is 45.4 Å². The van der Waals surface area contributed by atoms with Crippen molar-refractivity contribution in [3.8, 4) is 0 Å². The van der Waals surface area contributed by atoms with Crippen molar-refractivity contribution in [2.24, 2.45) is 0 Å². The molecular weight excluding hydrogens is 300 g/mol. The average molecular weight is 326 g/mol. The molecule has 0 heterocycles. The number of rotatable bonds is 6. The molecule has 22 heavy (non-hydrogen) atoms. The summed E-state index contributed by atoms with van der Waals surface area (Å²) in [4.78, 5) is 14.1. The van der Waals surface area contributed by atoms with Crippen LogP contribution in [0.3, 0.4) is 0 Å². The predicted molar refractivity (Wildman–Crippen MR) is 88.4 cm³/mol. The van der Waals surface area contributed by atoms with Crippen LogP contribution in [0.5, 0.6) is 0 Å². The second-order valence-corrected chi connectivity index (χ2v) is 8.15. The number of hydrogen-bond acceptors (Lipinski definition) is 3. The molecule has 1 aromatic carbocycles. The third kappa shape index (κ3) is 5.42. The summed E-state index contributed by atoms with van der Waals surface area (Å²) in [5, 5.41) is 0. The van der Waals surface area contributed by atoms with Crippen molar-refractivity contribution in [1.29, 1.82) is 0 Å². The van der Waals surface area contributed by atoms with E-state index in [4.69, 9.17) is 0 Å². The van der Waals surface area contributed by atoms with Crippen LogP contribution in [0.15, 0.2) is 29.2 Å². The molecule has 6 heteroatoms. The van der Waals surface area contributed by atoms with Crippen LogP contribution >= 0.6 is 0 Å². The number of amides is 1. The monoisotopic (exact) mass is 326 g/mol. The van der Waals surface area contributed by atoms with E-state index in [0.29, 0.717) is 12.1 Å². The summed E-state index contributed by atoms with van der Waals surface area (Å²) in [7, 11) is -1.91. The fourth-order valence-electron chi connectivity index (χ4n) is 1.98. The molecule has 0 aliphatic heterocycles. The van der Waals surface area contributed by atoms with Gasteiger partial charge in [0, 0.05) is 24.7 Å². The second-order valence-electron chi connectivity index (χ2n) is 6.46. The lowest BCUT2D eigenvalue weighted by molar-refractivity contribution is 0.0793. The molecule has 0 aromatic heterocycles. The van der Waals surface area contributed by atoms with Crippen molar-refractivity contribution in [2.75, 3.05) is 13.6 Å². The summed E-state index contributed by atoms with van der Waals surface area (Å²) in [6.07, 6.45) is 1.92. The molecule has 0 saturated carbocycles. The standard InChI is InChI=1S/C16H26N2O3S/c1-6-7-11-18(5)15(19)13-9-8-10-14(12-13)22(20,21)17-16(2,3)4/h8-10,12,17H,6-7,11H2,1-5H3. The van der Waals surface area contributed by atoms with Crippen LogP contribution in [0, 0.1) is 0 Å². The molecule has 0 atom stereocenters. The molecule has 0 spiro atoms. The zero-order valence-corrected chi connectivity index (χ0v) is 14.8. The van der Waals surface area contributed by atoms with Crippen molar-refractivity contribution >= 4 is 15.9 Å². The van der Waals surface area contributed by atoms with Gasteiger partial charge in [0.2, 0.25) is 10.0 Å². The second kappa shape index (κ2) is 7.24. The average Bonchev–Trinajstić information content (AvgIpc) is 2.41. The van der Waals surface area contributed by atoms with Crippen LogP contribution in [-0.2, 0) is 10.0 Å². The Morgan fingerprint density at radius 1 is 1.27 bits per heavy atom. The van der Waals surface area contributed by atoms with Gasteiger partial charge >= 0.3 is 0 Å². The van der Waals surface area contributed by atoms with Gasteiger partial charge < -0.3 is 4.90 Å². The van der Waals surface area contributed by atoms with Crippen LogP contribution in [0.4, 0.5) is 0 Å². The Hall–Kier alpha value is -1.40. The number of benzene rings is 1. The van der Waals surface area contributed by atoms with E-state index in [0.717, 1.165) is 12.8 Å². The normalized spacial score (nSPS) is 12.2. The third-order valence-electron chi connectivity index (χ3n) is 3.03. The number of carbonyl (C=O) groups excluding carboxylic acids is 1. The molecule has 1 N–H and O–H groups in total. The van der Waals surface area contributed by atoms with Crippen LogP contribution in [0.2, 0.25) is 0 Å². The van der Waals surface area contributed by atoms with E-state index in [1.165, 1.54) is 12.1 Å². The van der Waals surface area contributed by atoms with Gasteiger partial charge in [0.05, 0.1) is 4.90 Å². The maximum Gasteiger partial charge on any atom is 0.253 e. The summed E-state index contributed by atoms with van der Waals surface area (Å²) in [5.41, 5.74) is -0.188. The van der Waals surface area contributed by atoms with Crippen molar-refractivity contribution < 1.29 is 13.2 Å². The minimum Gasteiger partial charge on any atom is -0.342 e. The quantitative estimate of drug-likeness (QED) is 0.874. The Morgan fingerprint density at radius 2 is 1.91 bits per heavy atom. The first-order valence-electron chi connectivity index (χ1n) is 7.46. The molecule has 124 valence electrons. The molecule has 0 saturated heterocycles. The van der Waals surface area contributed by atoms with E-state index >= 15 is 0 Å². The predicted octanol–water partition coefficient (Wildman–Crippen LogP) is 2.64. The highest BCUT2D eigenvalue weighted by molar-refractivity contribution is 7.89. The van der Waals surface area contributed by atoms with Gasteiger partial charge in [-0.2, -0.15) is 0 Å². The largest absolute Gasteiger partial charge is 0.342 e. The topological polar surface area (TPSA) is 66.5 Å². The Bertz CT molecular complexity index is 619. The van der Waals surface area contributed by atoms with Gasteiger partial charge in [0.15, 0.2) is 0 Å². The number of hydrogen-bond donors (Lipinski definition) is 1. The highest BCUT2D eigenvalue weighted by atomic mass is 32.2. The van der Waals surface area contributed by atoms with Crippen molar-refractivity contribution in [1.82, 2.24) is 9.62 Å². The summed E-state index contributed by atoms with van der Waals surface area (Å²) >= 11 is 0. The van der Waals surface area contributed by atoms with Gasteiger partial charge in [-0.1, -0.05) is 19.4 Å². The number of carbonyl (C=O) groups is 1. The summed E-state index contributed by atoms with van der Waals surface area (Å²) in [5.74, 6) is -0.166. The van der Waals surface area contributed by atoms with Crippen LogP contribution in [0.1, 0.15) is 50.9 Å². The molecular formula is C16H26N2O3S. The Balaban J connectivity index is 3.02. The molecule has 0 aliphatic rings. The molecule has 1 amide bonds. The van der Waals surface area contributed by atoms with Crippen molar-refractivity contribution in [2.45, 2.75) is 51.0 Å². The van der Waals surface area contributed by atoms with E-state index in [-0.39, 0.29) is 10.8 Å². The van der Waals surface area contributed by atoms with E-state index < -0.39 is 15.6 Å². The zero-order chi connectivity index (χ0) is 17.0. The molecule has 5 nitrogen and oxygen atoms in total. The molecule has 1 rings (SSSR count). The number of sulfonamides is 1. The first kappa shape index (κ1) is 18.6. The lowest BCUT2D eigenvalue weighted by Gasteiger charge is -2.21. The molecule has 1 aromatic rings. The molecule has 0 radical (unpaired) electrons. The summed E-state index contributed by atoms with van der Waals surface area (Å²) in [6, 6.07) is 6.16. The minimum absolute atomic E-state index is 0.108. The number of nitrogens with one attached hydrogen (secondary N) is 1. The van der Waals surface area contributed by atoms with Crippen LogP contribution in [-0.4, -0.2) is 38.4 Å². The highest BCUT2D eigenvalue weighted by Crippen LogP contribution is 2.15. The van der Waals surface area contributed by atoms with Gasteiger partial charge in [-0.25, -0.2) is 13.1 Å². The van der Waals surface area contributed by atoms with Crippen molar-refractivity contribution in [3.05, 3.63) is 29.8 Å². The molecule has 0 fully saturated rings. The zero-order valence-electron chi connectivity index (χ0n) is 14.0. The highest BCUT2D eigenvalue weighted by Gasteiger charge is 2.23. The van der Waals surface area contributed by atoms with E-state index in [2.05, 4.69) is 11.6 Å². The molecule has 0 aliphatic carbocycles. The summed E-state index contributed by atoms with van der Waals surface area (Å²) < 4.78 is 27.2. The first-order valence-corrected chi connectivity index (χ1v) is 8.94. The fraction of sp³-hybridized carbons (Fsp3) is 0.562. The smallest absolute Gasteiger partial charge is 0.253 e. The molecule has 0 unspecified atom stereocenters. The van der Waals surface area contributed by atoms with Gasteiger partial charge in [0.25, 0.3) is 5.91 Å². The van der Waals surface area contributed by atoms with Crippen LogP contribution < -0.4 is 4.72 Å². The maximum atomic E-state index is 12.3. The Morgan fingerprint density at radius 3 is 2.45 bits per heavy atom. The van der Waals surface area contributed by atoms with Crippen LogP contribution in [0.25, 0.3) is 0 Å². The maximum absolute atomic E-state index is 12.3. The Kier molecular flexibility index (Phi) is 6.14. The third-order valence-corrected chi connectivity index (χ3v) is 4.78. The van der Waals surface area contributed by atoms with E-state index in [1.54, 1.807) is 44.9 Å². The number of nitrogens with zero attached hydrogens (tertiary/aromatic N) is 1. The van der Waals surface area contributed by atoms with E-state index in [1.807, 2.05) is 0 Å². The lowest BCUT2D eigenvalue weighted by atomic mass is 10.1. The minimum atomic E-state index is -3.64. The Labute approximate surface area is 133 Å². The fourth-order valence-corrected chi connectivity index (χ4v) is 3.44. The SMILES string of the molecule is CCCCN(C)C(=O)c1cccc(S(=O)(=O)NC(C)(C)C)c1. The molecule has 0 bridgehead atoms. The van der Waals surface area contributed by atoms with Gasteiger partial charge in [0.1, 0.15) is 0 Å². The van der Waals surface area contributed by atoms with Gasteiger partial charge in [-0.15, -0.1) is 0 Å².